The molecule has 0 saturated carbocycles. The molecule has 1 saturated heterocycles. The molecule has 1 aliphatic rings. The van der Waals surface area contributed by atoms with E-state index in [4.69, 9.17) is 9.31 Å². The fraction of sp³-hybridized carbons (Fsp3) is 0.333. The van der Waals surface area contributed by atoms with Crippen LogP contribution < -0.4 is 0 Å². The third kappa shape index (κ3) is 3.60. The van der Waals surface area contributed by atoms with Crippen LogP contribution in [0.15, 0.2) is 48.2 Å². The zero-order chi connectivity index (χ0) is 19.1. The highest BCUT2D eigenvalue weighted by Crippen LogP contribution is 2.39. The van der Waals surface area contributed by atoms with Gasteiger partial charge in [-0.3, -0.25) is 0 Å². The number of benzene rings is 2. The van der Waals surface area contributed by atoms with E-state index in [2.05, 4.69) is 0 Å². The molecule has 2 aromatic carbocycles. The van der Waals surface area contributed by atoms with Gasteiger partial charge in [-0.15, -0.1) is 0 Å². The third-order valence-electron chi connectivity index (χ3n) is 5.15. The predicted octanol–water partition coefficient (Wildman–Crippen LogP) is 5.74. The van der Waals surface area contributed by atoms with Crippen LogP contribution in [0, 0.1) is 12.7 Å². The Hall–Kier alpha value is -1.98. The third-order valence-corrected chi connectivity index (χ3v) is 5.15. The highest BCUT2D eigenvalue weighted by molar-refractivity contribution is 6.54. The zero-order valence-electron chi connectivity index (χ0n) is 15.8. The molecule has 0 bridgehead atoms. The molecule has 3 rings (SSSR count). The quantitative estimate of drug-likeness (QED) is 0.653. The van der Waals surface area contributed by atoms with Crippen molar-refractivity contribution in [3.05, 3.63) is 65.1 Å². The Morgan fingerprint density at radius 1 is 0.962 bits per heavy atom. The minimum Gasteiger partial charge on any atom is -0.398 e. The Kier molecular flexibility index (Phi) is 4.80. The average Bonchev–Trinajstić information content (AvgIpc) is 2.77. The fourth-order valence-electron chi connectivity index (χ4n) is 2.82. The molecular formula is C21H23BF2O2. The molecule has 5 heteroatoms. The summed E-state index contributed by atoms with van der Waals surface area (Å²) in [5.41, 5.74) is 1.36. The maximum atomic E-state index is 14.9. The SMILES string of the molecule is Cc1ccc(-c2ccc(F)cc2C=C(F)B2OC(C)(C)C(C)(C)O2)cc1. The van der Waals surface area contributed by atoms with Crippen LogP contribution in [0.3, 0.4) is 0 Å². The Labute approximate surface area is 154 Å². The van der Waals surface area contributed by atoms with E-state index in [1.807, 2.05) is 58.9 Å². The van der Waals surface area contributed by atoms with Gasteiger partial charge in [0.15, 0.2) is 0 Å². The second kappa shape index (κ2) is 6.64. The summed E-state index contributed by atoms with van der Waals surface area (Å²) < 4.78 is 40.1. The predicted molar refractivity (Wildman–Crippen MR) is 102 cm³/mol. The summed E-state index contributed by atoms with van der Waals surface area (Å²) >= 11 is 0. The normalized spacial score (nSPS) is 19.0. The smallest absolute Gasteiger partial charge is 0.398 e. The van der Waals surface area contributed by atoms with E-state index in [-0.39, 0.29) is 0 Å². The molecule has 0 unspecified atom stereocenters. The highest BCUT2D eigenvalue weighted by atomic mass is 19.1. The summed E-state index contributed by atoms with van der Waals surface area (Å²) in [5, 5.41) is 0. The van der Waals surface area contributed by atoms with Gasteiger partial charge in [-0.05, 0) is 69.5 Å². The summed E-state index contributed by atoms with van der Waals surface area (Å²) in [5.74, 6) is -0.422. The fourth-order valence-corrected chi connectivity index (χ4v) is 2.82. The first-order chi connectivity index (χ1) is 12.1. The molecule has 2 aromatic rings. The van der Waals surface area contributed by atoms with Crippen molar-refractivity contribution in [3.8, 4) is 11.1 Å². The van der Waals surface area contributed by atoms with Gasteiger partial charge in [-0.2, -0.15) is 0 Å². The van der Waals surface area contributed by atoms with Crippen LogP contribution in [-0.4, -0.2) is 18.3 Å². The van der Waals surface area contributed by atoms with E-state index in [1.54, 1.807) is 6.07 Å². The van der Waals surface area contributed by atoms with Gasteiger partial charge in [0.1, 0.15) is 11.5 Å². The van der Waals surface area contributed by atoms with Gasteiger partial charge in [0.25, 0.3) is 0 Å². The number of aryl methyl sites for hydroxylation is 1. The van der Waals surface area contributed by atoms with Crippen LogP contribution in [0.5, 0.6) is 0 Å². The molecule has 2 nitrogen and oxygen atoms in total. The van der Waals surface area contributed by atoms with E-state index in [9.17, 15) is 8.78 Å². The molecule has 1 heterocycles. The highest BCUT2D eigenvalue weighted by Gasteiger charge is 2.53. The maximum absolute atomic E-state index is 14.9. The van der Waals surface area contributed by atoms with E-state index in [0.29, 0.717) is 5.56 Å². The molecule has 1 fully saturated rings. The average molecular weight is 356 g/mol. The largest absolute Gasteiger partial charge is 0.525 e. The first-order valence-corrected chi connectivity index (χ1v) is 8.68. The number of hydrogen-bond donors (Lipinski definition) is 0. The van der Waals surface area contributed by atoms with Crippen molar-refractivity contribution >= 4 is 13.2 Å². The molecule has 1 aliphatic heterocycles. The minimum atomic E-state index is -1.10. The summed E-state index contributed by atoms with van der Waals surface area (Å²) in [4.78, 5) is 0. The van der Waals surface area contributed by atoms with Gasteiger partial charge in [0.2, 0.25) is 0 Å². The first-order valence-electron chi connectivity index (χ1n) is 8.68. The molecule has 0 radical (unpaired) electrons. The summed E-state index contributed by atoms with van der Waals surface area (Å²) in [6.07, 6.45) is 1.29. The minimum absolute atomic E-state index is 0.422. The van der Waals surface area contributed by atoms with Crippen molar-refractivity contribution in [2.45, 2.75) is 45.8 Å². The molecule has 0 amide bonds. The molecule has 0 N–H and O–H groups in total. The van der Waals surface area contributed by atoms with Crippen molar-refractivity contribution < 1.29 is 18.1 Å². The van der Waals surface area contributed by atoms with Crippen LogP contribution in [0.2, 0.25) is 0 Å². The van der Waals surface area contributed by atoms with Crippen molar-refractivity contribution in [3.63, 3.8) is 0 Å². The number of halogens is 2. The van der Waals surface area contributed by atoms with Crippen LogP contribution in [-0.2, 0) is 9.31 Å². The maximum Gasteiger partial charge on any atom is 0.525 e. The second-order valence-corrected chi connectivity index (χ2v) is 7.72. The molecule has 0 spiro atoms. The monoisotopic (exact) mass is 356 g/mol. The first kappa shape index (κ1) is 18.8. The molecule has 136 valence electrons. The Balaban J connectivity index is 1.98. The summed E-state index contributed by atoms with van der Waals surface area (Å²) in [7, 11) is -1.10. The lowest BCUT2D eigenvalue weighted by Gasteiger charge is -2.32. The van der Waals surface area contributed by atoms with Crippen molar-refractivity contribution in [1.82, 2.24) is 0 Å². The lowest BCUT2D eigenvalue weighted by molar-refractivity contribution is 0.00578. The second-order valence-electron chi connectivity index (χ2n) is 7.72. The van der Waals surface area contributed by atoms with E-state index in [1.165, 1.54) is 18.2 Å². The summed E-state index contributed by atoms with van der Waals surface area (Å²) in [6.45, 7) is 9.44. The van der Waals surface area contributed by atoms with Crippen LogP contribution >= 0.6 is 0 Å². The van der Waals surface area contributed by atoms with Gasteiger partial charge in [0, 0.05) is 0 Å². The standard InChI is InChI=1S/C21H23BF2O2/c1-14-6-8-15(9-7-14)18-11-10-17(23)12-16(18)13-19(24)22-25-20(2,3)21(4,5)26-22/h6-13H,1-5H3. The van der Waals surface area contributed by atoms with Gasteiger partial charge in [0.05, 0.1) is 11.2 Å². The Morgan fingerprint density at radius 2 is 1.54 bits per heavy atom. The molecule has 0 atom stereocenters. The van der Waals surface area contributed by atoms with Gasteiger partial charge in [-0.1, -0.05) is 35.9 Å². The van der Waals surface area contributed by atoms with Gasteiger partial charge >= 0.3 is 7.12 Å². The Morgan fingerprint density at radius 3 is 2.12 bits per heavy atom. The Bertz CT molecular complexity index is 826. The lowest BCUT2D eigenvalue weighted by atomic mass is 9.85. The van der Waals surface area contributed by atoms with E-state index in [0.717, 1.165) is 16.7 Å². The van der Waals surface area contributed by atoms with Crippen LogP contribution in [0.1, 0.15) is 38.8 Å². The summed E-state index contributed by atoms with van der Waals surface area (Å²) in [6, 6.07) is 12.2. The lowest BCUT2D eigenvalue weighted by Crippen LogP contribution is -2.41. The van der Waals surface area contributed by atoms with E-state index < -0.39 is 29.9 Å². The molecule has 0 aliphatic carbocycles. The number of rotatable bonds is 3. The van der Waals surface area contributed by atoms with Crippen LogP contribution in [0.25, 0.3) is 17.2 Å². The van der Waals surface area contributed by atoms with Crippen molar-refractivity contribution in [1.29, 1.82) is 0 Å². The molecule has 0 aromatic heterocycles. The van der Waals surface area contributed by atoms with Gasteiger partial charge in [-0.25, -0.2) is 8.78 Å². The number of hydrogen-bond acceptors (Lipinski definition) is 2. The van der Waals surface area contributed by atoms with Gasteiger partial charge < -0.3 is 9.31 Å². The van der Waals surface area contributed by atoms with Crippen LogP contribution in [0.4, 0.5) is 8.78 Å². The molecule has 26 heavy (non-hydrogen) atoms. The topological polar surface area (TPSA) is 18.5 Å². The van der Waals surface area contributed by atoms with Crippen molar-refractivity contribution in [2.75, 3.05) is 0 Å². The van der Waals surface area contributed by atoms with E-state index >= 15 is 0 Å². The van der Waals surface area contributed by atoms with Crippen molar-refractivity contribution in [2.24, 2.45) is 0 Å². The zero-order valence-corrected chi connectivity index (χ0v) is 15.8. The molecular weight excluding hydrogens is 333 g/mol.